The molecular formula is C29H26N6. The van der Waals surface area contributed by atoms with Crippen molar-refractivity contribution >= 4 is 16.4 Å². The lowest BCUT2D eigenvalue weighted by Crippen LogP contribution is -2.17. The molecule has 6 aromatic rings. The van der Waals surface area contributed by atoms with Crippen LogP contribution in [0.4, 0.5) is 0 Å². The number of nitrogens with zero attached hydrogens (tertiary/aromatic N) is 4. The Kier molecular flexibility index (Phi) is 5.56. The maximum atomic E-state index is 4.79. The summed E-state index contributed by atoms with van der Waals surface area (Å²) < 4.78 is 1.80. The Morgan fingerprint density at radius 1 is 0.943 bits per heavy atom. The van der Waals surface area contributed by atoms with Gasteiger partial charge in [-0.3, -0.25) is 4.98 Å². The smallest absolute Gasteiger partial charge is 0.155 e. The molecule has 2 N–H and O–H groups in total. The second-order valence-corrected chi connectivity index (χ2v) is 8.79. The van der Waals surface area contributed by atoms with Crippen molar-refractivity contribution < 1.29 is 0 Å². The number of aryl methyl sites for hydroxylation is 1. The fourth-order valence-corrected chi connectivity index (χ4v) is 4.65. The summed E-state index contributed by atoms with van der Waals surface area (Å²) in [7, 11) is 0. The first kappa shape index (κ1) is 21.3. The summed E-state index contributed by atoms with van der Waals surface area (Å²) in [4.78, 5) is 12.7. The van der Waals surface area contributed by atoms with Crippen molar-refractivity contribution in [1.82, 2.24) is 29.9 Å². The summed E-state index contributed by atoms with van der Waals surface area (Å²) in [6.45, 7) is 3.66. The predicted molar refractivity (Wildman–Crippen MR) is 140 cm³/mol. The molecule has 0 bridgehead atoms. The molecule has 0 aliphatic heterocycles. The highest BCUT2D eigenvalue weighted by molar-refractivity contribution is 5.85. The Morgan fingerprint density at radius 2 is 1.83 bits per heavy atom. The van der Waals surface area contributed by atoms with Crippen LogP contribution < -0.4 is 5.32 Å². The standard InChI is InChI=1S/C29H26N6/c1-20-6-4-11-27(33-20)26-16-24(34-29(26)23-12-13-28-31-19-32-35(28)18-23)17-30-15-14-22-9-5-8-21-7-2-3-10-25(21)22/h2-13,16,18-19,30,34H,14-15,17H2,1H3. The molecular weight excluding hydrogens is 432 g/mol. The van der Waals surface area contributed by atoms with Gasteiger partial charge in [-0.2, -0.15) is 5.10 Å². The summed E-state index contributed by atoms with van der Waals surface area (Å²) in [6.07, 6.45) is 4.55. The SMILES string of the molecule is Cc1cccc(-c2cc(CNCCc3cccc4ccccc34)[nH]c2-c2ccc3ncnn3c2)n1. The number of H-pyrrole nitrogens is 1. The lowest BCUT2D eigenvalue weighted by atomic mass is 10.0. The van der Waals surface area contributed by atoms with E-state index in [1.807, 2.05) is 25.3 Å². The number of aromatic nitrogens is 5. The summed E-state index contributed by atoms with van der Waals surface area (Å²) >= 11 is 0. The second kappa shape index (κ2) is 9.16. The monoisotopic (exact) mass is 458 g/mol. The predicted octanol–water partition coefficient (Wildman–Crippen LogP) is 5.58. The van der Waals surface area contributed by atoms with E-state index in [-0.39, 0.29) is 0 Å². The van der Waals surface area contributed by atoms with Gasteiger partial charge in [0.05, 0.1) is 11.4 Å². The number of fused-ring (bicyclic) bond motifs is 2. The molecule has 35 heavy (non-hydrogen) atoms. The van der Waals surface area contributed by atoms with E-state index in [0.717, 1.165) is 59.1 Å². The van der Waals surface area contributed by atoms with E-state index in [1.165, 1.54) is 16.3 Å². The number of pyridine rings is 2. The lowest BCUT2D eigenvalue weighted by Gasteiger charge is -2.07. The van der Waals surface area contributed by atoms with E-state index in [1.54, 1.807) is 10.8 Å². The van der Waals surface area contributed by atoms with Gasteiger partial charge in [-0.05, 0) is 66.6 Å². The molecule has 172 valence electrons. The number of hydrogen-bond donors (Lipinski definition) is 2. The fraction of sp³-hybridized carbons (Fsp3) is 0.138. The highest BCUT2D eigenvalue weighted by atomic mass is 15.3. The molecule has 0 aliphatic rings. The van der Waals surface area contributed by atoms with Gasteiger partial charge in [-0.25, -0.2) is 9.50 Å². The Labute approximate surface area is 203 Å². The zero-order chi connectivity index (χ0) is 23.6. The van der Waals surface area contributed by atoms with Crippen molar-refractivity contribution in [3.8, 4) is 22.5 Å². The minimum Gasteiger partial charge on any atom is -0.357 e. The zero-order valence-electron chi connectivity index (χ0n) is 19.6. The third-order valence-electron chi connectivity index (χ3n) is 6.37. The first-order chi connectivity index (χ1) is 17.2. The van der Waals surface area contributed by atoms with Gasteiger partial charge in [0, 0.05) is 35.3 Å². The molecule has 0 unspecified atom stereocenters. The van der Waals surface area contributed by atoms with Crippen LogP contribution in [0.5, 0.6) is 0 Å². The van der Waals surface area contributed by atoms with E-state index in [2.05, 4.69) is 87.1 Å². The maximum absolute atomic E-state index is 4.79. The molecule has 0 radical (unpaired) electrons. The van der Waals surface area contributed by atoms with E-state index >= 15 is 0 Å². The van der Waals surface area contributed by atoms with Crippen molar-refractivity contribution in [2.45, 2.75) is 19.9 Å². The van der Waals surface area contributed by atoms with Crippen LogP contribution in [0.3, 0.4) is 0 Å². The number of hydrogen-bond acceptors (Lipinski definition) is 4. The van der Waals surface area contributed by atoms with Gasteiger partial charge in [0.15, 0.2) is 5.65 Å². The fourth-order valence-electron chi connectivity index (χ4n) is 4.65. The molecule has 0 saturated heterocycles. The quantitative estimate of drug-likeness (QED) is 0.306. The lowest BCUT2D eigenvalue weighted by molar-refractivity contribution is 0.679. The second-order valence-electron chi connectivity index (χ2n) is 8.79. The van der Waals surface area contributed by atoms with Crippen LogP contribution in [-0.2, 0) is 13.0 Å². The largest absolute Gasteiger partial charge is 0.357 e. The van der Waals surface area contributed by atoms with Gasteiger partial charge in [0.1, 0.15) is 6.33 Å². The van der Waals surface area contributed by atoms with E-state index < -0.39 is 0 Å². The molecule has 4 heterocycles. The molecule has 4 aromatic heterocycles. The van der Waals surface area contributed by atoms with Crippen LogP contribution in [0.25, 0.3) is 38.9 Å². The third kappa shape index (κ3) is 4.32. The normalized spacial score (nSPS) is 11.5. The molecule has 0 atom stereocenters. The minimum atomic E-state index is 0.745. The van der Waals surface area contributed by atoms with Crippen LogP contribution >= 0.6 is 0 Å². The molecule has 2 aromatic carbocycles. The zero-order valence-corrected chi connectivity index (χ0v) is 19.6. The van der Waals surface area contributed by atoms with Gasteiger partial charge in [-0.15, -0.1) is 0 Å². The Hall–Kier alpha value is -4.29. The van der Waals surface area contributed by atoms with Crippen molar-refractivity contribution in [1.29, 1.82) is 0 Å². The Morgan fingerprint density at radius 3 is 2.77 bits per heavy atom. The van der Waals surface area contributed by atoms with Gasteiger partial charge in [0.2, 0.25) is 0 Å². The van der Waals surface area contributed by atoms with Crippen LogP contribution in [0.15, 0.2) is 91.4 Å². The summed E-state index contributed by atoms with van der Waals surface area (Å²) in [6, 6.07) is 27.5. The molecule has 0 aliphatic carbocycles. The van der Waals surface area contributed by atoms with Crippen molar-refractivity contribution in [3.05, 3.63) is 108 Å². The van der Waals surface area contributed by atoms with E-state index in [9.17, 15) is 0 Å². The number of nitrogens with one attached hydrogen (secondary N) is 2. The molecule has 0 saturated carbocycles. The minimum absolute atomic E-state index is 0.745. The van der Waals surface area contributed by atoms with E-state index in [0.29, 0.717) is 0 Å². The van der Waals surface area contributed by atoms with Gasteiger partial charge < -0.3 is 10.3 Å². The van der Waals surface area contributed by atoms with Crippen molar-refractivity contribution in [2.24, 2.45) is 0 Å². The topological polar surface area (TPSA) is 70.9 Å². The van der Waals surface area contributed by atoms with E-state index in [4.69, 9.17) is 4.98 Å². The highest BCUT2D eigenvalue weighted by Crippen LogP contribution is 2.32. The number of benzene rings is 2. The molecule has 6 rings (SSSR count). The Balaban J connectivity index is 1.25. The number of rotatable bonds is 7. The molecule has 0 amide bonds. The van der Waals surface area contributed by atoms with Crippen LogP contribution in [0.1, 0.15) is 17.0 Å². The average molecular weight is 459 g/mol. The van der Waals surface area contributed by atoms with Crippen LogP contribution in [-0.4, -0.2) is 31.1 Å². The van der Waals surface area contributed by atoms with Crippen LogP contribution in [0, 0.1) is 6.92 Å². The maximum Gasteiger partial charge on any atom is 0.155 e. The summed E-state index contributed by atoms with van der Waals surface area (Å²) in [5, 5.41) is 10.5. The van der Waals surface area contributed by atoms with Gasteiger partial charge in [0.25, 0.3) is 0 Å². The summed E-state index contributed by atoms with van der Waals surface area (Å²) in [5.74, 6) is 0. The average Bonchev–Trinajstić information content (AvgIpc) is 3.53. The van der Waals surface area contributed by atoms with Gasteiger partial charge in [-0.1, -0.05) is 48.5 Å². The van der Waals surface area contributed by atoms with Crippen molar-refractivity contribution in [2.75, 3.05) is 6.54 Å². The first-order valence-corrected chi connectivity index (χ1v) is 11.9. The first-order valence-electron chi connectivity index (χ1n) is 11.9. The Bertz CT molecular complexity index is 1620. The third-order valence-corrected chi connectivity index (χ3v) is 6.37. The molecule has 0 spiro atoms. The van der Waals surface area contributed by atoms with Crippen LogP contribution in [0.2, 0.25) is 0 Å². The number of aromatic amines is 1. The summed E-state index contributed by atoms with van der Waals surface area (Å²) in [5.41, 5.74) is 8.43. The van der Waals surface area contributed by atoms with Gasteiger partial charge >= 0.3 is 0 Å². The molecule has 6 nitrogen and oxygen atoms in total. The highest BCUT2D eigenvalue weighted by Gasteiger charge is 2.14. The molecule has 6 heteroatoms. The molecule has 0 fully saturated rings. The van der Waals surface area contributed by atoms with Crippen molar-refractivity contribution in [3.63, 3.8) is 0 Å².